The molecular weight excluding hydrogens is 260 g/mol. The van der Waals surface area contributed by atoms with Crippen LogP contribution in [0.1, 0.15) is 19.8 Å². The summed E-state index contributed by atoms with van der Waals surface area (Å²) in [6, 6.07) is 0.123. The van der Waals surface area contributed by atoms with Gasteiger partial charge in [0.2, 0.25) is 15.9 Å². The highest BCUT2D eigenvalue weighted by atomic mass is 32.2. The van der Waals surface area contributed by atoms with Gasteiger partial charge in [0.15, 0.2) is 0 Å². The van der Waals surface area contributed by atoms with Gasteiger partial charge in [0.25, 0.3) is 0 Å². The fourth-order valence-electron chi connectivity index (χ4n) is 1.86. The van der Waals surface area contributed by atoms with E-state index in [0.29, 0.717) is 31.7 Å². The van der Waals surface area contributed by atoms with E-state index in [1.165, 1.54) is 16.1 Å². The van der Waals surface area contributed by atoms with Gasteiger partial charge in [-0.3, -0.25) is 4.79 Å². The lowest BCUT2D eigenvalue weighted by atomic mass is 10.1. The van der Waals surface area contributed by atoms with Gasteiger partial charge in [0, 0.05) is 19.1 Å². The molecule has 0 aromatic heterocycles. The lowest BCUT2D eigenvalue weighted by molar-refractivity contribution is -0.119. The number of thioether (sulfide) groups is 1. The Morgan fingerprint density at radius 2 is 2.00 bits per heavy atom. The third-order valence-electron chi connectivity index (χ3n) is 2.85. The number of hydrogen-bond donors (Lipinski definition) is 1. The maximum Gasteiger partial charge on any atom is 0.230 e. The number of rotatable bonds is 5. The number of amides is 1. The zero-order valence-corrected chi connectivity index (χ0v) is 11.9. The Labute approximate surface area is 107 Å². The van der Waals surface area contributed by atoms with Crippen molar-refractivity contribution in [3.8, 4) is 0 Å². The molecule has 1 aliphatic rings. The van der Waals surface area contributed by atoms with E-state index >= 15 is 0 Å². The quantitative estimate of drug-likeness (QED) is 0.785. The molecule has 5 nitrogen and oxygen atoms in total. The molecule has 0 atom stereocenters. The largest absolute Gasteiger partial charge is 0.353 e. The van der Waals surface area contributed by atoms with Crippen LogP contribution in [0.25, 0.3) is 0 Å². The number of sulfonamides is 1. The van der Waals surface area contributed by atoms with Gasteiger partial charge < -0.3 is 5.32 Å². The highest BCUT2D eigenvalue weighted by molar-refractivity contribution is 7.99. The Balaban J connectivity index is 2.38. The second kappa shape index (κ2) is 6.61. The van der Waals surface area contributed by atoms with E-state index in [1.807, 2.05) is 6.26 Å². The predicted molar refractivity (Wildman–Crippen MR) is 70.6 cm³/mol. The molecule has 0 spiro atoms. The highest BCUT2D eigenvalue weighted by Gasteiger charge is 2.27. The van der Waals surface area contributed by atoms with Crippen LogP contribution in [-0.2, 0) is 14.8 Å². The summed E-state index contributed by atoms with van der Waals surface area (Å²) in [4.78, 5) is 11.4. The fourth-order valence-corrected chi connectivity index (χ4v) is 3.34. The normalized spacial score (nSPS) is 19.2. The second-order valence-corrected chi connectivity index (χ2v) is 7.20. The molecule has 7 heteroatoms. The molecule has 1 N–H and O–H groups in total. The Bertz CT molecular complexity index is 349. The minimum atomic E-state index is -3.07. The van der Waals surface area contributed by atoms with Gasteiger partial charge in [-0.15, -0.1) is 0 Å². The Kier molecular flexibility index (Phi) is 5.75. The number of nitrogens with zero attached hydrogens (tertiary/aromatic N) is 1. The van der Waals surface area contributed by atoms with Crippen molar-refractivity contribution >= 4 is 27.7 Å². The van der Waals surface area contributed by atoms with Crippen LogP contribution in [-0.4, -0.2) is 55.5 Å². The fraction of sp³-hybridized carbons (Fsp3) is 0.900. The smallest absolute Gasteiger partial charge is 0.230 e. The van der Waals surface area contributed by atoms with Crippen LogP contribution in [0.4, 0.5) is 0 Å². The topological polar surface area (TPSA) is 66.5 Å². The maximum absolute atomic E-state index is 11.6. The molecule has 0 aromatic carbocycles. The van der Waals surface area contributed by atoms with Gasteiger partial charge in [0.05, 0.1) is 11.5 Å². The molecule has 1 aliphatic heterocycles. The zero-order valence-electron chi connectivity index (χ0n) is 10.3. The Morgan fingerprint density at radius 1 is 1.41 bits per heavy atom. The minimum absolute atomic E-state index is 0.0364. The van der Waals surface area contributed by atoms with E-state index < -0.39 is 10.0 Å². The van der Waals surface area contributed by atoms with Crippen molar-refractivity contribution < 1.29 is 13.2 Å². The molecule has 0 saturated carbocycles. The minimum Gasteiger partial charge on any atom is -0.353 e. The van der Waals surface area contributed by atoms with Crippen molar-refractivity contribution in [2.24, 2.45) is 0 Å². The molecule has 0 aliphatic carbocycles. The van der Waals surface area contributed by atoms with Crippen LogP contribution < -0.4 is 5.32 Å². The summed E-state index contributed by atoms with van der Waals surface area (Å²) in [6.45, 7) is 2.68. The SMILES string of the molecule is CCS(=O)(=O)N1CCC(NC(=O)CSC)CC1. The summed E-state index contributed by atoms with van der Waals surface area (Å²) in [6.07, 6.45) is 3.30. The van der Waals surface area contributed by atoms with Crippen LogP contribution in [0, 0.1) is 0 Å². The van der Waals surface area contributed by atoms with Crippen molar-refractivity contribution in [2.75, 3.05) is 30.9 Å². The standard InChI is InChI=1S/C10H20N2O3S2/c1-3-17(14,15)12-6-4-9(5-7-12)11-10(13)8-16-2/h9H,3-8H2,1-2H3,(H,11,13). The Hall–Kier alpha value is -0.270. The van der Waals surface area contributed by atoms with E-state index in [0.717, 1.165) is 0 Å². The number of hydrogen-bond acceptors (Lipinski definition) is 4. The van der Waals surface area contributed by atoms with E-state index in [1.54, 1.807) is 6.92 Å². The average molecular weight is 280 g/mol. The molecule has 17 heavy (non-hydrogen) atoms. The third-order valence-corrected chi connectivity index (χ3v) is 5.29. The molecule has 0 bridgehead atoms. The van der Waals surface area contributed by atoms with E-state index in [4.69, 9.17) is 0 Å². The van der Waals surface area contributed by atoms with Gasteiger partial charge in [0.1, 0.15) is 0 Å². The predicted octanol–water partition coefficient (Wildman–Crippen LogP) is 0.280. The summed E-state index contributed by atoms with van der Waals surface area (Å²) in [5.74, 6) is 0.651. The average Bonchev–Trinajstić information content (AvgIpc) is 2.30. The first-order chi connectivity index (χ1) is 7.99. The molecule has 1 amide bonds. The lowest BCUT2D eigenvalue weighted by Gasteiger charge is -2.31. The summed E-state index contributed by atoms with van der Waals surface area (Å²) in [5.41, 5.74) is 0. The molecule has 1 saturated heterocycles. The van der Waals surface area contributed by atoms with E-state index in [-0.39, 0.29) is 17.7 Å². The summed E-state index contributed by atoms with van der Waals surface area (Å²) >= 11 is 1.49. The maximum atomic E-state index is 11.6. The number of piperidine rings is 1. The second-order valence-electron chi connectivity index (χ2n) is 4.07. The van der Waals surface area contributed by atoms with Crippen LogP contribution >= 0.6 is 11.8 Å². The van der Waals surface area contributed by atoms with Crippen molar-refractivity contribution in [3.05, 3.63) is 0 Å². The van der Waals surface area contributed by atoms with E-state index in [2.05, 4.69) is 5.32 Å². The first-order valence-corrected chi connectivity index (χ1v) is 8.76. The molecule has 0 aromatic rings. The molecule has 1 rings (SSSR count). The van der Waals surface area contributed by atoms with Gasteiger partial charge in [-0.05, 0) is 26.0 Å². The van der Waals surface area contributed by atoms with E-state index in [9.17, 15) is 13.2 Å². The molecule has 1 fully saturated rings. The lowest BCUT2D eigenvalue weighted by Crippen LogP contribution is -2.47. The first kappa shape index (κ1) is 14.8. The summed E-state index contributed by atoms with van der Waals surface area (Å²) < 4.78 is 24.8. The van der Waals surface area contributed by atoms with Crippen molar-refractivity contribution in [1.82, 2.24) is 9.62 Å². The van der Waals surface area contributed by atoms with Gasteiger partial charge >= 0.3 is 0 Å². The van der Waals surface area contributed by atoms with Crippen LogP contribution in [0.2, 0.25) is 0 Å². The van der Waals surface area contributed by atoms with Crippen LogP contribution in [0.3, 0.4) is 0 Å². The van der Waals surface area contributed by atoms with Crippen molar-refractivity contribution in [2.45, 2.75) is 25.8 Å². The van der Waals surface area contributed by atoms with Crippen LogP contribution in [0.15, 0.2) is 0 Å². The summed E-state index contributed by atoms with van der Waals surface area (Å²) in [5, 5.41) is 2.93. The van der Waals surface area contributed by atoms with Gasteiger partial charge in [-0.25, -0.2) is 12.7 Å². The number of carbonyl (C=O) groups is 1. The molecule has 1 heterocycles. The number of nitrogens with one attached hydrogen (secondary N) is 1. The number of carbonyl (C=O) groups excluding carboxylic acids is 1. The van der Waals surface area contributed by atoms with Gasteiger partial charge in [-0.1, -0.05) is 0 Å². The molecule has 0 unspecified atom stereocenters. The highest BCUT2D eigenvalue weighted by Crippen LogP contribution is 2.14. The third kappa shape index (κ3) is 4.48. The zero-order chi connectivity index (χ0) is 12.9. The van der Waals surface area contributed by atoms with Crippen LogP contribution in [0.5, 0.6) is 0 Å². The molecule has 0 radical (unpaired) electrons. The Morgan fingerprint density at radius 3 is 2.47 bits per heavy atom. The van der Waals surface area contributed by atoms with Crippen molar-refractivity contribution in [1.29, 1.82) is 0 Å². The molecular formula is C10H20N2O3S2. The monoisotopic (exact) mass is 280 g/mol. The molecule has 100 valence electrons. The first-order valence-electron chi connectivity index (χ1n) is 5.75. The summed E-state index contributed by atoms with van der Waals surface area (Å²) in [7, 11) is -3.07. The van der Waals surface area contributed by atoms with Gasteiger partial charge in [-0.2, -0.15) is 11.8 Å². The van der Waals surface area contributed by atoms with Crippen molar-refractivity contribution in [3.63, 3.8) is 0 Å².